The van der Waals surface area contributed by atoms with E-state index in [2.05, 4.69) is 40.1 Å². The first kappa shape index (κ1) is 20.8. The van der Waals surface area contributed by atoms with Crippen LogP contribution in [0, 0.1) is 0 Å². The van der Waals surface area contributed by atoms with Crippen LogP contribution in [0.1, 0.15) is 5.56 Å². The molecule has 6 nitrogen and oxygen atoms in total. The van der Waals surface area contributed by atoms with E-state index in [0.29, 0.717) is 6.61 Å². The summed E-state index contributed by atoms with van der Waals surface area (Å²) < 4.78 is 16.6. The molecule has 0 aliphatic heterocycles. The van der Waals surface area contributed by atoms with Gasteiger partial charge in [0.05, 0.1) is 19.9 Å². The number of hydrogen-bond donors (Lipinski definition) is 1. The maximum atomic E-state index is 5.95. The minimum Gasteiger partial charge on any atom is -0.497 e. The monoisotopic (exact) mass is 417 g/mol. The fraction of sp³-hybridized carbons (Fsp3) is 0.240. The van der Waals surface area contributed by atoms with Crippen molar-refractivity contribution in [2.75, 3.05) is 34.4 Å². The van der Waals surface area contributed by atoms with E-state index in [0.717, 1.165) is 52.6 Å². The number of para-hydroxylation sites is 2. The number of aromatic nitrogens is 2. The Morgan fingerprint density at radius 3 is 2.42 bits per heavy atom. The van der Waals surface area contributed by atoms with Crippen LogP contribution in [0.15, 0.2) is 66.9 Å². The van der Waals surface area contributed by atoms with Crippen LogP contribution in [0.25, 0.3) is 22.3 Å². The number of likely N-dealkylation sites (N-methyl/N-ethyl adjacent to an activating group) is 1. The molecule has 0 atom stereocenters. The van der Waals surface area contributed by atoms with Gasteiger partial charge in [0.2, 0.25) is 0 Å². The Balaban J connectivity index is 1.51. The van der Waals surface area contributed by atoms with E-state index in [1.165, 1.54) is 5.56 Å². The number of benzene rings is 2. The first-order chi connectivity index (χ1) is 15.2. The van der Waals surface area contributed by atoms with Gasteiger partial charge in [-0.1, -0.05) is 12.1 Å². The SMILES string of the molecule is COc1ccc(-c2[nH]c3ncccc3c2CN(C)CCOc2ccccc2OC)cc1. The summed E-state index contributed by atoms with van der Waals surface area (Å²) in [6, 6.07) is 19.9. The van der Waals surface area contributed by atoms with Crippen molar-refractivity contribution >= 4 is 11.0 Å². The molecule has 31 heavy (non-hydrogen) atoms. The highest BCUT2D eigenvalue weighted by atomic mass is 16.5. The zero-order valence-electron chi connectivity index (χ0n) is 18.1. The summed E-state index contributed by atoms with van der Waals surface area (Å²) in [4.78, 5) is 10.3. The number of hydrogen-bond acceptors (Lipinski definition) is 5. The fourth-order valence-electron chi connectivity index (χ4n) is 3.64. The van der Waals surface area contributed by atoms with Gasteiger partial charge in [-0.2, -0.15) is 0 Å². The first-order valence-electron chi connectivity index (χ1n) is 10.2. The number of ether oxygens (including phenoxy) is 3. The first-order valence-corrected chi connectivity index (χ1v) is 10.2. The maximum Gasteiger partial charge on any atom is 0.161 e. The Kier molecular flexibility index (Phi) is 6.38. The van der Waals surface area contributed by atoms with Crippen molar-refractivity contribution in [2.45, 2.75) is 6.54 Å². The molecule has 0 saturated heterocycles. The van der Waals surface area contributed by atoms with E-state index < -0.39 is 0 Å². The summed E-state index contributed by atoms with van der Waals surface area (Å²) in [5.41, 5.74) is 4.29. The summed E-state index contributed by atoms with van der Waals surface area (Å²) in [6.07, 6.45) is 1.81. The zero-order chi connectivity index (χ0) is 21.6. The van der Waals surface area contributed by atoms with Gasteiger partial charge in [0.15, 0.2) is 11.5 Å². The van der Waals surface area contributed by atoms with E-state index in [1.54, 1.807) is 14.2 Å². The van der Waals surface area contributed by atoms with Gasteiger partial charge in [0, 0.05) is 30.2 Å². The summed E-state index contributed by atoms with van der Waals surface area (Å²) in [7, 11) is 5.42. The highest BCUT2D eigenvalue weighted by Crippen LogP contribution is 2.31. The predicted octanol–water partition coefficient (Wildman–Crippen LogP) is 4.76. The van der Waals surface area contributed by atoms with Gasteiger partial charge in [-0.3, -0.25) is 4.90 Å². The lowest BCUT2D eigenvalue weighted by atomic mass is 10.1. The molecule has 0 unspecified atom stereocenters. The van der Waals surface area contributed by atoms with E-state index in [1.807, 2.05) is 48.7 Å². The molecule has 0 bridgehead atoms. The number of aromatic amines is 1. The van der Waals surface area contributed by atoms with E-state index in [4.69, 9.17) is 14.2 Å². The molecule has 4 aromatic rings. The summed E-state index contributed by atoms with van der Waals surface area (Å²) in [5.74, 6) is 2.34. The molecule has 0 spiro atoms. The van der Waals surface area contributed by atoms with E-state index in [9.17, 15) is 0 Å². The largest absolute Gasteiger partial charge is 0.497 e. The molecule has 0 amide bonds. The second-order valence-corrected chi connectivity index (χ2v) is 7.34. The van der Waals surface area contributed by atoms with Gasteiger partial charge in [-0.05, 0) is 61.1 Å². The van der Waals surface area contributed by atoms with Crippen molar-refractivity contribution in [3.8, 4) is 28.5 Å². The normalized spacial score (nSPS) is 11.1. The second kappa shape index (κ2) is 9.53. The number of nitrogens with one attached hydrogen (secondary N) is 1. The van der Waals surface area contributed by atoms with Crippen LogP contribution in [0.2, 0.25) is 0 Å². The van der Waals surface area contributed by atoms with Crippen LogP contribution >= 0.6 is 0 Å². The average Bonchev–Trinajstić information content (AvgIpc) is 3.17. The lowest BCUT2D eigenvalue weighted by Gasteiger charge is -2.18. The maximum absolute atomic E-state index is 5.95. The topological polar surface area (TPSA) is 59.6 Å². The van der Waals surface area contributed by atoms with Crippen LogP contribution in [0.3, 0.4) is 0 Å². The standard InChI is InChI=1S/C25H27N3O3/c1-28(15-16-31-23-9-5-4-8-22(23)30-3)17-21-20-7-6-14-26-25(20)27-24(21)18-10-12-19(29-2)13-11-18/h4-14H,15-17H2,1-3H3,(H,26,27). The quantitative estimate of drug-likeness (QED) is 0.426. The third kappa shape index (κ3) is 4.64. The second-order valence-electron chi connectivity index (χ2n) is 7.34. The number of fused-ring (bicyclic) bond motifs is 1. The molecule has 2 heterocycles. The number of H-pyrrole nitrogens is 1. The third-order valence-electron chi connectivity index (χ3n) is 5.28. The molecule has 6 heteroatoms. The average molecular weight is 418 g/mol. The van der Waals surface area contributed by atoms with Crippen LogP contribution in [-0.2, 0) is 6.54 Å². The Morgan fingerprint density at radius 1 is 0.903 bits per heavy atom. The van der Waals surface area contributed by atoms with Crippen molar-refractivity contribution in [1.29, 1.82) is 0 Å². The van der Waals surface area contributed by atoms with Gasteiger partial charge in [-0.25, -0.2) is 4.98 Å². The van der Waals surface area contributed by atoms with Gasteiger partial charge in [0.1, 0.15) is 18.0 Å². The molecule has 4 rings (SSSR count). The number of methoxy groups -OCH3 is 2. The molecule has 0 aliphatic rings. The summed E-state index contributed by atoms with van der Waals surface area (Å²) >= 11 is 0. The molecular weight excluding hydrogens is 390 g/mol. The molecule has 1 N–H and O–H groups in total. The molecule has 160 valence electrons. The fourth-order valence-corrected chi connectivity index (χ4v) is 3.64. The van der Waals surface area contributed by atoms with Crippen molar-refractivity contribution in [2.24, 2.45) is 0 Å². The van der Waals surface area contributed by atoms with Gasteiger partial charge in [0.25, 0.3) is 0 Å². The van der Waals surface area contributed by atoms with Crippen LogP contribution < -0.4 is 14.2 Å². The zero-order valence-corrected chi connectivity index (χ0v) is 18.1. The summed E-state index contributed by atoms with van der Waals surface area (Å²) in [5, 5.41) is 1.13. The lowest BCUT2D eigenvalue weighted by Crippen LogP contribution is -2.24. The molecule has 0 radical (unpaired) electrons. The van der Waals surface area contributed by atoms with Gasteiger partial charge < -0.3 is 19.2 Å². The summed E-state index contributed by atoms with van der Waals surface area (Å²) in [6.45, 7) is 2.10. The van der Waals surface area contributed by atoms with Gasteiger partial charge >= 0.3 is 0 Å². The molecule has 0 saturated carbocycles. The predicted molar refractivity (Wildman–Crippen MR) is 123 cm³/mol. The third-order valence-corrected chi connectivity index (χ3v) is 5.28. The smallest absolute Gasteiger partial charge is 0.161 e. The van der Waals surface area contributed by atoms with Crippen molar-refractivity contribution in [3.05, 3.63) is 72.4 Å². The van der Waals surface area contributed by atoms with Crippen molar-refractivity contribution < 1.29 is 14.2 Å². The van der Waals surface area contributed by atoms with Crippen LogP contribution in [0.5, 0.6) is 17.2 Å². The van der Waals surface area contributed by atoms with Crippen LogP contribution in [0.4, 0.5) is 0 Å². The van der Waals surface area contributed by atoms with E-state index >= 15 is 0 Å². The minimum atomic E-state index is 0.565. The Labute approximate surface area is 182 Å². The van der Waals surface area contributed by atoms with E-state index in [-0.39, 0.29) is 0 Å². The molecule has 0 aliphatic carbocycles. The molecular formula is C25H27N3O3. The molecule has 2 aromatic carbocycles. The Hall–Kier alpha value is -3.51. The number of nitrogens with zero attached hydrogens (tertiary/aromatic N) is 2. The highest BCUT2D eigenvalue weighted by molar-refractivity contribution is 5.88. The number of pyridine rings is 1. The number of rotatable bonds is 9. The lowest BCUT2D eigenvalue weighted by molar-refractivity contribution is 0.226. The van der Waals surface area contributed by atoms with Crippen molar-refractivity contribution in [3.63, 3.8) is 0 Å². The van der Waals surface area contributed by atoms with Crippen LogP contribution in [-0.4, -0.2) is 49.3 Å². The van der Waals surface area contributed by atoms with Gasteiger partial charge in [-0.15, -0.1) is 0 Å². The Morgan fingerprint density at radius 2 is 1.68 bits per heavy atom. The molecule has 2 aromatic heterocycles. The molecule has 0 fully saturated rings. The minimum absolute atomic E-state index is 0.565. The van der Waals surface area contributed by atoms with Crippen molar-refractivity contribution in [1.82, 2.24) is 14.9 Å². The highest BCUT2D eigenvalue weighted by Gasteiger charge is 2.16. The Bertz CT molecular complexity index is 1140.